The van der Waals surface area contributed by atoms with Gasteiger partial charge in [0.15, 0.2) is 0 Å². The molecule has 1 rings (SSSR count). The lowest BCUT2D eigenvalue weighted by Gasteiger charge is -2.33. The molecule has 7 heteroatoms. The van der Waals surface area contributed by atoms with E-state index in [9.17, 15) is 4.57 Å². The summed E-state index contributed by atoms with van der Waals surface area (Å²) in [6.07, 6.45) is 0.0373. The fourth-order valence-corrected chi connectivity index (χ4v) is 3.13. The molecule has 1 heterocycles. The summed E-state index contributed by atoms with van der Waals surface area (Å²) in [6.45, 7) is -4.11. The molecule has 0 aromatic rings. The minimum absolute atomic E-state index is 0.0223. The van der Waals surface area contributed by atoms with Gasteiger partial charge >= 0.3 is 7.67 Å². The van der Waals surface area contributed by atoms with Crippen molar-refractivity contribution in [3.8, 4) is 0 Å². The van der Waals surface area contributed by atoms with Gasteiger partial charge in [-0.1, -0.05) is 0 Å². The Morgan fingerprint density at radius 2 is 2.43 bits per heavy atom. The molecule has 84 valence electrons. The number of alkyl halides is 2. The summed E-state index contributed by atoms with van der Waals surface area (Å²) in [7, 11) is -3.84. The maximum Gasteiger partial charge on any atom is 0.343 e. The molecule has 1 atom stereocenters. The van der Waals surface area contributed by atoms with Crippen LogP contribution in [0.3, 0.4) is 0 Å². The van der Waals surface area contributed by atoms with Crippen molar-refractivity contribution in [2.45, 2.75) is 6.42 Å². The molecule has 0 aliphatic carbocycles. The highest BCUT2D eigenvalue weighted by molar-refractivity contribution is 7.54. The summed E-state index contributed by atoms with van der Waals surface area (Å²) in [6, 6.07) is 0. The second-order valence-corrected chi connectivity index (χ2v) is 5.19. The van der Waals surface area contributed by atoms with Crippen molar-refractivity contribution in [3.05, 3.63) is 0 Å². The molecule has 0 aromatic heterocycles. The molecular formula is C7H15Cl2N2O2P. The van der Waals surface area contributed by atoms with Gasteiger partial charge in [-0.15, -0.1) is 23.2 Å². The van der Waals surface area contributed by atoms with Crippen molar-refractivity contribution < 1.29 is 14.6 Å². The van der Waals surface area contributed by atoms with Crippen LogP contribution in [0.5, 0.6) is 0 Å². The van der Waals surface area contributed by atoms with Crippen LogP contribution >= 0.6 is 30.9 Å². The van der Waals surface area contributed by atoms with E-state index < -0.39 is 26.6 Å². The first kappa shape index (κ1) is 7.88. The molecule has 0 saturated carbocycles. The van der Waals surface area contributed by atoms with Crippen LogP contribution < -0.4 is 5.09 Å². The summed E-state index contributed by atoms with van der Waals surface area (Å²) in [5, 5.41) is 2.54. The number of nitrogens with one attached hydrogen (secondary N) is 1. The van der Waals surface area contributed by atoms with Crippen LogP contribution in [-0.4, -0.2) is 42.6 Å². The van der Waals surface area contributed by atoms with Crippen molar-refractivity contribution in [3.63, 3.8) is 0 Å². The Kier molecular flexibility index (Phi) is 3.55. The molecular weight excluding hydrogens is 246 g/mol. The van der Waals surface area contributed by atoms with E-state index in [1.165, 1.54) is 0 Å². The fourth-order valence-electron chi connectivity index (χ4n) is 1.00. The van der Waals surface area contributed by atoms with Crippen LogP contribution in [0, 0.1) is 0 Å². The fraction of sp³-hybridized carbons (Fsp3) is 1.00. The first-order valence-electron chi connectivity index (χ1n) is 6.13. The summed E-state index contributed by atoms with van der Waals surface area (Å²) in [5.41, 5.74) is 0. The topological polar surface area (TPSA) is 41.6 Å². The minimum atomic E-state index is -3.84. The van der Waals surface area contributed by atoms with Gasteiger partial charge in [0.2, 0.25) is 0 Å². The van der Waals surface area contributed by atoms with Crippen molar-refractivity contribution in [1.82, 2.24) is 9.76 Å². The van der Waals surface area contributed by atoms with E-state index in [0.717, 1.165) is 4.67 Å². The highest BCUT2D eigenvalue weighted by atomic mass is 35.5. The zero-order chi connectivity index (χ0) is 14.0. The van der Waals surface area contributed by atoms with Gasteiger partial charge in [0.25, 0.3) is 0 Å². The Bertz CT molecular complexity index is 347. The first-order valence-corrected chi connectivity index (χ1v) is 6.77. The largest absolute Gasteiger partial charge is 0.343 e. The van der Waals surface area contributed by atoms with Crippen LogP contribution in [-0.2, 0) is 9.09 Å². The van der Waals surface area contributed by atoms with E-state index in [-0.39, 0.29) is 25.4 Å². The van der Waals surface area contributed by atoms with Gasteiger partial charge in [-0.25, -0.2) is 9.76 Å². The van der Waals surface area contributed by atoms with Crippen LogP contribution in [0.15, 0.2) is 0 Å². The average Bonchev–Trinajstić information content (AvgIpc) is 2.23. The second-order valence-electron chi connectivity index (χ2n) is 2.52. The van der Waals surface area contributed by atoms with E-state index in [2.05, 4.69) is 5.09 Å². The predicted octanol–water partition coefficient (Wildman–Crippen LogP) is 1.88. The summed E-state index contributed by atoms with van der Waals surface area (Å²) >= 11 is 11.1. The number of halogens is 2. The van der Waals surface area contributed by atoms with Crippen LogP contribution in [0.1, 0.15) is 11.9 Å². The molecule has 0 bridgehead atoms. The third-order valence-electron chi connectivity index (χ3n) is 1.58. The van der Waals surface area contributed by atoms with Gasteiger partial charge in [0, 0.05) is 34.1 Å². The van der Waals surface area contributed by atoms with E-state index in [1.54, 1.807) is 0 Å². The van der Waals surface area contributed by atoms with Crippen molar-refractivity contribution in [1.29, 1.82) is 0 Å². The van der Waals surface area contributed by atoms with Gasteiger partial charge in [0.1, 0.15) is 0 Å². The standard InChI is InChI=1S/C7H15Cl2N2O2P/c8-2-5-11(6-3-9)14(12)10-4-1-7-13-14/h1-7H2,(H,10,12)/i5D2,7D2. The van der Waals surface area contributed by atoms with Gasteiger partial charge in [-0.3, -0.25) is 4.57 Å². The van der Waals surface area contributed by atoms with Crippen LogP contribution in [0.4, 0.5) is 0 Å². The number of hydrogen-bond acceptors (Lipinski definition) is 2. The Balaban J connectivity index is 3.01. The third-order valence-corrected chi connectivity index (χ3v) is 3.85. The Morgan fingerprint density at radius 3 is 3.00 bits per heavy atom. The van der Waals surface area contributed by atoms with E-state index in [1.807, 2.05) is 0 Å². The lowest BCUT2D eigenvalue weighted by molar-refractivity contribution is 0.233. The highest BCUT2D eigenvalue weighted by Gasteiger charge is 2.32. The summed E-state index contributed by atoms with van der Waals surface area (Å²) in [5.74, 6) is -0.406. The molecule has 0 radical (unpaired) electrons. The average molecular weight is 265 g/mol. The number of nitrogens with zero attached hydrogens (tertiary/aromatic N) is 1. The third kappa shape index (κ3) is 3.37. The van der Waals surface area contributed by atoms with Gasteiger partial charge < -0.3 is 4.52 Å². The predicted molar refractivity (Wildman–Crippen MR) is 59.2 cm³/mol. The van der Waals surface area contributed by atoms with Crippen molar-refractivity contribution >= 4 is 30.9 Å². The Morgan fingerprint density at radius 1 is 1.64 bits per heavy atom. The lowest BCUT2D eigenvalue weighted by Crippen LogP contribution is -2.35. The normalized spacial score (nSPS) is 37.1. The zero-order valence-corrected chi connectivity index (χ0v) is 9.91. The minimum Gasteiger partial charge on any atom is -0.306 e. The second kappa shape index (κ2) is 6.31. The maximum atomic E-state index is 12.5. The zero-order valence-electron chi connectivity index (χ0n) is 11.5. The molecule has 0 spiro atoms. The van der Waals surface area contributed by atoms with Crippen molar-refractivity contribution in [2.24, 2.45) is 0 Å². The molecule has 0 aromatic carbocycles. The molecule has 1 saturated heterocycles. The van der Waals surface area contributed by atoms with E-state index in [0.29, 0.717) is 0 Å². The molecule has 1 aliphatic rings. The highest BCUT2D eigenvalue weighted by Crippen LogP contribution is 2.47. The molecule has 4 nitrogen and oxygen atoms in total. The van der Waals surface area contributed by atoms with Gasteiger partial charge in [-0.05, 0) is 6.42 Å². The van der Waals surface area contributed by atoms with Crippen LogP contribution in [0.2, 0.25) is 0 Å². The molecule has 1 unspecified atom stereocenters. The molecule has 14 heavy (non-hydrogen) atoms. The number of rotatable bonds is 5. The smallest absolute Gasteiger partial charge is 0.306 e. The number of hydrogen-bond donors (Lipinski definition) is 1. The van der Waals surface area contributed by atoms with E-state index in [4.69, 9.17) is 33.2 Å². The van der Waals surface area contributed by atoms with Gasteiger partial charge in [-0.2, -0.15) is 0 Å². The van der Waals surface area contributed by atoms with E-state index >= 15 is 0 Å². The molecule has 1 aliphatic heterocycles. The quantitative estimate of drug-likeness (QED) is 0.608. The molecule has 1 fully saturated rings. The lowest BCUT2D eigenvalue weighted by atomic mass is 10.5. The Hall–Kier alpha value is 0.690. The monoisotopic (exact) mass is 264 g/mol. The van der Waals surface area contributed by atoms with Gasteiger partial charge in [0.05, 0.1) is 9.30 Å². The summed E-state index contributed by atoms with van der Waals surface area (Å²) < 4.78 is 48.7. The first-order chi connectivity index (χ1) is 8.17. The maximum absolute atomic E-state index is 12.5. The van der Waals surface area contributed by atoms with Crippen LogP contribution in [0.25, 0.3) is 0 Å². The SMILES string of the molecule is [2H]C1([2H])CCNP(=O)(N(CCCl)C([2H])([2H])CCl)O1. The molecule has 1 N–H and O–H groups in total. The molecule has 0 amide bonds. The Labute approximate surface area is 100 Å². The van der Waals surface area contributed by atoms with Crippen molar-refractivity contribution in [2.75, 3.05) is 37.9 Å². The summed E-state index contributed by atoms with van der Waals surface area (Å²) in [4.78, 5) is 0.